The number of anilines is 1. The van der Waals surface area contributed by atoms with Crippen molar-refractivity contribution in [3.63, 3.8) is 0 Å². The molecule has 2 aliphatic carbocycles. The number of aryl methyl sites for hydroxylation is 1. The van der Waals surface area contributed by atoms with Crippen molar-refractivity contribution in [3.8, 4) is 0 Å². The molecule has 0 radical (unpaired) electrons. The van der Waals surface area contributed by atoms with E-state index in [1.165, 1.54) is 36.9 Å². The Morgan fingerprint density at radius 2 is 1.94 bits per heavy atom. The summed E-state index contributed by atoms with van der Waals surface area (Å²) in [5.41, 5.74) is 2.58. The van der Waals surface area contributed by atoms with Crippen molar-refractivity contribution in [3.05, 3.63) is 11.3 Å². The largest absolute Gasteiger partial charge is 0.365 e. The van der Waals surface area contributed by atoms with Crippen molar-refractivity contribution in [1.29, 1.82) is 0 Å². The number of rotatable bonds is 5. The van der Waals surface area contributed by atoms with Crippen LogP contribution in [0.2, 0.25) is 0 Å². The van der Waals surface area contributed by atoms with Gasteiger partial charge in [-0.05, 0) is 50.9 Å². The molecule has 2 N–H and O–H groups in total. The first-order valence-electron chi connectivity index (χ1n) is 6.60. The van der Waals surface area contributed by atoms with Gasteiger partial charge in [0.2, 0.25) is 0 Å². The molecule has 1 aromatic heterocycles. The van der Waals surface area contributed by atoms with Crippen LogP contribution in [0.5, 0.6) is 0 Å². The molecule has 0 aliphatic heterocycles. The lowest BCUT2D eigenvalue weighted by molar-refractivity contribution is 0.565. The molecule has 3 rings (SSSR count). The zero-order chi connectivity index (χ0) is 11.1. The van der Waals surface area contributed by atoms with Crippen LogP contribution in [0.25, 0.3) is 0 Å². The van der Waals surface area contributed by atoms with Crippen LogP contribution in [0, 0.1) is 18.8 Å². The number of nitrogens with zero attached hydrogens (tertiary/aromatic N) is 1. The average Bonchev–Trinajstić information content (AvgIpc) is 3.15. The summed E-state index contributed by atoms with van der Waals surface area (Å²) in [6.07, 6.45) is 6.70. The van der Waals surface area contributed by atoms with Gasteiger partial charge in [-0.25, -0.2) is 0 Å². The number of nitrogens with one attached hydrogen (secondary N) is 2. The first-order valence-corrected chi connectivity index (χ1v) is 6.60. The molecule has 3 heteroatoms. The normalized spacial score (nSPS) is 20.4. The molecular weight excluding hydrogens is 198 g/mol. The summed E-state index contributed by atoms with van der Waals surface area (Å²) in [7, 11) is 0. The van der Waals surface area contributed by atoms with Crippen LogP contribution in [-0.2, 0) is 6.42 Å². The Balaban J connectivity index is 1.73. The minimum atomic E-state index is 0.701. The molecule has 16 heavy (non-hydrogen) atoms. The van der Waals surface area contributed by atoms with Crippen LogP contribution in [0.4, 0.5) is 5.82 Å². The van der Waals surface area contributed by atoms with E-state index in [4.69, 9.17) is 0 Å². The second-order valence-corrected chi connectivity index (χ2v) is 5.37. The summed E-state index contributed by atoms with van der Waals surface area (Å²) in [6, 6.07) is 0.701. The van der Waals surface area contributed by atoms with E-state index in [2.05, 4.69) is 29.4 Å². The van der Waals surface area contributed by atoms with E-state index in [0.717, 1.165) is 24.1 Å². The van der Waals surface area contributed by atoms with Gasteiger partial charge in [0, 0.05) is 17.3 Å². The lowest BCUT2D eigenvalue weighted by atomic mass is 10.1. The molecule has 2 saturated carbocycles. The van der Waals surface area contributed by atoms with Gasteiger partial charge in [0.15, 0.2) is 5.82 Å². The molecule has 2 fully saturated rings. The standard InChI is InChI=1S/C13H21N3/c1-3-11-8(2)13(16-15-11)14-12(9-4-5-9)10-6-7-10/h9-10,12H,3-7H2,1-2H3,(H2,14,15,16). The fourth-order valence-electron chi connectivity index (χ4n) is 2.61. The van der Waals surface area contributed by atoms with Gasteiger partial charge in [0.25, 0.3) is 0 Å². The van der Waals surface area contributed by atoms with Gasteiger partial charge in [-0.1, -0.05) is 6.92 Å². The van der Waals surface area contributed by atoms with E-state index >= 15 is 0 Å². The van der Waals surface area contributed by atoms with Crippen molar-refractivity contribution >= 4 is 5.82 Å². The monoisotopic (exact) mass is 219 g/mol. The zero-order valence-corrected chi connectivity index (χ0v) is 10.2. The first-order chi connectivity index (χ1) is 7.79. The van der Waals surface area contributed by atoms with Gasteiger partial charge in [-0.3, -0.25) is 5.10 Å². The fourth-order valence-corrected chi connectivity index (χ4v) is 2.61. The van der Waals surface area contributed by atoms with E-state index in [-0.39, 0.29) is 0 Å². The predicted octanol–water partition coefficient (Wildman–Crippen LogP) is 2.88. The third-order valence-electron chi connectivity index (χ3n) is 4.03. The maximum absolute atomic E-state index is 4.41. The molecule has 0 aromatic carbocycles. The maximum atomic E-state index is 4.41. The van der Waals surface area contributed by atoms with E-state index in [0.29, 0.717) is 6.04 Å². The Morgan fingerprint density at radius 1 is 1.31 bits per heavy atom. The van der Waals surface area contributed by atoms with Crippen molar-refractivity contribution in [2.24, 2.45) is 11.8 Å². The average molecular weight is 219 g/mol. The Labute approximate surface area is 97.0 Å². The molecule has 88 valence electrons. The summed E-state index contributed by atoms with van der Waals surface area (Å²) in [6.45, 7) is 4.34. The van der Waals surface area contributed by atoms with Gasteiger partial charge in [-0.15, -0.1) is 0 Å². The van der Waals surface area contributed by atoms with Crippen LogP contribution in [0.3, 0.4) is 0 Å². The minimum absolute atomic E-state index is 0.701. The molecule has 1 aromatic rings. The van der Waals surface area contributed by atoms with Gasteiger partial charge in [-0.2, -0.15) is 5.10 Å². The molecular formula is C13H21N3. The molecule has 0 unspecified atom stereocenters. The topological polar surface area (TPSA) is 40.7 Å². The Kier molecular flexibility index (Phi) is 2.41. The highest BCUT2D eigenvalue weighted by Gasteiger charge is 2.41. The van der Waals surface area contributed by atoms with E-state index in [1.54, 1.807) is 0 Å². The maximum Gasteiger partial charge on any atom is 0.151 e. The number of aromatic amines is 1. The van der Waals surface area contributed by atoms with Crippen molar-refractivity contribution in [2.45, 2.75) is 52.0 Å². The molecule has 0 spiro atoms. The smallest absolute Gasteiger partial charge is 0.151 e. The van der Waals surface area contributed by atoms with Gasteiger partial charge >= 0.3 is 0 Å². The van der Waals surface area contributed by atoms with Crippen molar-refractivity contribution in [2.75, 3.05) is 5.32 Å². The predicted molar refractivity (Wildman–Crippen MR) is 65.6 cm³/mol. The SMILES string of the molecule is CCc1[nH]nc(NC(C2CC2)C2CC2)c1C. The first kappa shape index (κ1) is 10.2. The van der Waals surface area contributed by atoms with E-state index in [9.17, 15) is 0 Å². The second kappa shape index (κ2) is 3.79. The highest BCUT2D eigenvalue weighted by Crippen LogP contribution is 2.45. The number of aromatic nitrogens is 2. The van der Waals surface area contributed by atoms with Crippen LogP contribution >= 0.6 is 0 Å². The van der Waals surface area contributed by atoms with Crippen LogP contribution in [0.1, 0.15) is 43.9 Å². The highest BCUT2D eigenvalue weighted by atomic mass is 15.2. The number of H-pyrrole nitrogens is 1. The Bertz CT molecular complexity index is 363. The quantitative estimate of drug-likeness (QED) is 0.799. The molecule has 0 saturated heterocycles. The second-order valence-electron chi connectivity index (χ2n) is 5.37. The van der Waals surface area contributed by atoms with Crippen LogP contribution in [-0.4, -0.2) is 16.2 Å². The third-order valence-corrected chi connectivity index (χ3v) is 4.03. The highest BCUT2D eigenvalue weighted by molar-refractivity contribution is 5.47. The number of hydrogen-bond donors (Lipinski definition) is 2. The van der Waals surface area contributed by atoms with Gasteiger partial charge < -0.3 is 5.32 Å². The summed E-state index contributed by atoms with van der Waals surface area (Å²) >= 11 is 0. The molecule has 0 bridgehead atoms. The molecule has 0 amide bonds. The number of hydrogen-bond acceptors (Lipinski definition) is 2. The molecule has 3 nitrogen and oxygen atoms in total. The van der Waals surface area contributed by atoms with Gasteiger partial charge in [0.05, 0.1) is 0 Å². The zero-order valence-electron chi connectivity index (χ0n) is 10.2. The lowest BCUT2D eigenvalue weighted by Crippen LogP contribution is -2.24. The molecule has 1 heterocycles. The Hall–Kier alpha value is -0.990. The summed E-state index contributed by atoms with van der Waals surface area (Å²) in [5, 5.41) is 11.2. The van der Waals surface area contributed by atoms with Gasteiger partial charge in [0.1, 0.15) is 0 Å². The molecule has 2 aliphatic rings. The van der Waals surface area contributed by atoms with Crippen LogP contribution < -0.4 is 5.32 Å². The summed E-state index contributed by atoms with van der Waals surface area (Å²) in [4.78, 5) is 0. The van der Waals surface area contributed by atoms with Crippen molar-refractivity contribution < 1.29 is 0 Å². The minimum Gasteiger partial charge on any atom is -0.365 e. The van der Waals surface area contributed by atoms with Crippen LogP contribution in [0.15, 0.2) is 0 Å². The van der Waals surface area contributed by atoms with E-state index < -0.39 is 0 Å². The summed E-state index contributed by atoms with van der Waals surface area (Å²) < 4.78 is 0. The lowest BCUT2D eigenvalue weighted by Gasteiger charge is -2.17. The Morgan fingerprint density at radius 3 is 2.38 bits per heavy atom. The van der Waals surface area contributed by atoms with Crippen molar-refractivity contribution in [1.82, 2.24) is 10.2 Å². The molecule has 0 atom stereocenters. The fraction of sp³-hybridized carbons (Fsp3) is 0.769. The summed E-state index contributed by atoms with van der Waals surface area (Å²) in [5.74, 6) is 2.95. The van der Waals surface area contributed by atoms with E-state index in [1.807, 2.05) is 0 Å². The third kappa shape index (κ3) is 1.83.